The normalized spacial score (nSPS) is 18.6. The zero-order valence-corrected chi connectivity index (χ0v) is 19.4. The number of hydrogen-bond donors (Lipinski definition) is 2. The minimum atomic E-state index is -4.48. The van der Waals surface area contributed by atoms with E-state index >= 15 is 0 Å². The van der Waals surface area contributed by atoms with Crippen molar-refractivity contribution in [3.8, 4) is 11.5 Å². The Morgan fingerprint density at radius 2 is 1.82 bits per heavy atom. The number of hydrogen-bond acceptors (Lipinski definition) is 7. The van der Waals surface area contributed by atoms with E-state index in [2.05, 4.69) is 15.3 Å². The summed E-state index contributed by atoms with van der Waals surface area (Å²) in [6.45, 7) is 0.300. The Hall–Kier alpha value is -3.08. The largest absolute Gasteiger partial charge is 0.493 e. The van der Waals surface area contributed by atoms with E-state index in [0.29, 0.717) is 72.1 Å². The van der Waals surface area contributed by atoms with Gasteiger partial charge in [0.15, 0.2) is 11.5 Å². The Kier molecular flexibility index (Phi) is 6.83. The first-order valence-corrected chi connectivity index (χ1v) is 11.6. The molecule has 11 heteroatoms. The minimum absolute atomic E-state index is 0.0990. The molecule has 0 unspecified atom stereocenters. The van der Waals surface area contributed by atoms with Gasteiger partial charge in [0, 0.05) is 12.5 Å². The molecule has 0 spiro atoms. The molecule has 0 amide bonds. The summed E-state index contributed by atoms with van der Waals surface area (Å²) in [6, 6.07) is 6.44. The predicted octanol–water partition coefficient (Wildman–Crippen LogP) is 5.70. The molecule has 1 fully saturated rings. The Morgan fingerprint density at radius 1 is 1.12 bits per heavy atom. The summed E-state index contributed by atoms with van der Waals surface area (Å²) in [5.74, 6) is 0.561. The highest BCUT2D eigenvalue weighted by atomic mass is 32.1. The molecule has 0 atom stereocenters. The van der Waals surface area contributed by atoms with Crippen LogP contribution in [0.4, 0.5) is 19.0 Å². The van der Waals surface area contributed by atoms with E-state index in [9.17, 15) is 23.1 Å². The molecule has 34 heavy (non-hydrogen) atoms. The molecule has 1 aliphatic rings. The fourth-order valence-corrected chi connectivity index (χ4v) is 5.08. The van der Waals surface area contributed by atoms with Crippen LogP contribution < -0.4 is 14.8 Å². The molecule has 4 rings (SSSR count). The van der Waals surface area contributed by atoms with Gasteiger partial charge in [0.1, 0.15) is 21.3 Å². The fourth-order valence-electron chi connectivity index (χ4n) is 4.17. The first-order chi connectivity index (χ1) is 16.2. The van der Waals surface area contributed by atoms with E-state index < -0.39 is 22.9 Å². The number of carboxylic acid groups (broad SMARTS) is 1. The number of aromatic nitrogens is 2. The van der Waals surface area contributed by atoms with Crippen molar-refractivity contribution >= 4 is 33.3 Å². The minimum Gasteiger partial charge on any atom is -0.493 e. The lowest BCUT2D eigenvalue weighted by molar-refractivity contribution is -0.143. The van der Waals surface area contributed by atoms with Gasteiger partial charge in [-0.1, -0.05) is 6.07 Å². The highest BCUT2D eigenvalue weighted by molar-refractivity contribution is 7.18. The zero-order chi connectivity index (χ0) is 24.5. The number of carbonyl (C=O) groups is 1. The summed E-state index contributed by atoms with van der Waals surface area (Å²) in [6.07, 6.45) is -2.34. The molecule has 0 bridgehead atoms. The number of halogens is 3. The third-order valence-corrected chi connectivity index (χ3v) is 7.11. The summed E-state index contributed by atoms with van der Waals surface area (Å²) in [5.41, 5.74) is 0.833. The molecule has 3 aromatic rings. The molecule has 0 radical (unpaired) electrons. The summed E-state index contributed by atoms with van der Waals surface area (Å²) in [5, 5.41) is 12.7. The van der Waals surface area contributed by atoms with Crippen molar-refractivity contribution in [1.82, 2.24) is 9.97 Å². The topological polar surface area (TPSA) is 93.6 Å². The van der Waals surface area contributed by atoms with Crippen LogP contribution in [0.25, 0.3) is 10.2 Å². The third-order valence-electron chi connectivity index (χ3n) is 6.04. The van der Waals surface area contributed by atoms with Crippen molar-refractivity contribution in [1.29, 1.82) is 0 Å². The van der Waals surface area contributed by atoms with E-state index in [0.717, 1.165) is 11.6 Å². The molecular formula is C23H24F3N3O4S. The number of anilines is 1. The maximum Gasteiger partial charge on any atom is 0.425 e. The van der Waals surface area contributed by atoms with Crippen LogP contribution >= 0.6 is 11.3 Å². The van der Waals surface area contributed by atoms with E-state index in [1.165, 1.54) is 14.2 Å². The first kappa shape index (κ1) is 24.1. The molecule has 182 valence electrons. The van der Waals surface area contributed by atoms with E-state index in [4.69, 9.17) is 9.47 Å². The molecule has 7 nitrogen and oxygen atoms in total. The summed E-state index contributed by atoms with van der Waals surface area (Å²) in [7, 11) is 3.06. The van der Waals surface area contributed by atoms with Gasteiger partial charge in [0.25, 0.3) is 0 Å². The SMILES string of the molecule is COc1ccc(CNc2nc(C3CCC(C(=O)O)CC3)nc3sc(C(F)(F)F)cc23)cc1OC. The van der Waals surface area contributed by atoms with Crippen molar-refractivity contribution in [3.05, 3.63) is 40.5 Å². The Morgan fingerprint density at radius 3 is 2.44 bits per heavy atom. The van der Waals surface area contributed by atoms with E-state index in [1.807, 2.05) is 6.07 Å². The third kappa shape index (κ3) is 5.03. The van der Waals surface area contributed by atoms with Crippen LogP contribution in [-0.4, -0.2) is 35.3 Å². The lowest BCUT2D eigenvalue weighted by Gasteiger charge is -2.25. The maximum absolute atomic E-state index is 13.4. The number of benzene rings is 1. The predicted molar refractivity (Wildman–Crippen MR) is 122 cm³/mol. The Balaban J connectivity index is 1.65. The van der Waals surface area contributed by atoms with Gasteiger partial charge in [-0.05, 0) is 49.4 Å². The summed E-state index contributed by atoms with van der Waals surface area (Å²) >= 11 is 0.588. The molecule has 0 aliphatic heterocycles. The molecule has 2 N–H and O–H groups in total. The number of alkyl halides is 3. The molecule has 1 saturated carbocycles. The number of carboxylic acids is 1. The summed E-state index contributed by atoms with van der Waals surface area (Å²) < 4.78 is 50.8. The summed E-state index contributed by atoms with van der Waals surface area (Å²) in [4.78, 5) is 19.8. The van der Waals surface area contributed by atoms with Crippen LogP contribution in [0.15, 0.2) is 24.3 Å². The van der Waals surface area contributed by atoms with Gasteiger partial charge in [-0.3, -0.25) is 4.79 Å². The second-order valence-corrected chi connectivity index (χ2v) is 9.22. The van der Waals surface area contributed by atoms with E-state index in [1.54, 1.807) is 12.1 Å². The second-order valence-electron chi connectivity index (χ2n) is 8.19. The molecule has 1 aromatic carbocycles. The molecule has 2 heterocycles. The number of fused-ring (bicyclic) bond motifs is 1. The highest BCUT2D eigenvalue weighted by Crippen LogP contribution is 2.41. The molecule has 2 aromatic heterocycles. The monoisotopic (exact) mass is 495 g/mol. The standard InChI is InChI=1S/C23H24F3N3O4S/c1-32-16-8-3-12(9-17(16)33-2)11-27-20-15-10-18(23(24,25)26)34-21(15)29-19(28-20)13-4-6-14(7-5-13)22(30)31/h3,8-10,13-14H,4-7,11H2,1-2H3,(H,30,31)(H,27,28,29). The number of thiophene rings is 1. The Bertz CT molecular complexity index is 1190. The van der Waals surface area contributed by atoms with E-state index in [-0.39, 0.29) is 10.7 Å². The molecule has 0 saturated heterocycles. The van der Waals surface area contributed by atoms with Crippen molar-refractivity contribution in [2.45, 2.75) is 44.3 Å². The van der Waals surface area contributed by atoms with Gasteiger partial charge >= 0.3 is 12.1 Å². The quantitative estimate of drug-likeness (QED) is 0.434. The number of methoxy groups -OCH3 is 2. The zero-order valence-electron chi connectivity index (χ0n) is 18.6. The van der Waals surface area contributed by atoms with Crippen molar-refractivity contribution in [2.24, 2.45) is 5.92 Å². The van der Waals surface area contributed by atoms with Crippen molar-refractivity contribution in [2.75, 3.05) is 19.5 Å². The average molecular weight is 496 g/mol. The second kappa shape index (κ2) is 9.65. The smallest absolute Gasteiger partial charge is 0.425 e. The number of aliphatic carboxylic acids is 1. The molecular weight excluding hydrogens is 471 g/mol. The van der Waals surface area contributed by atoms with Gasteiger partial charge in [0.05, 0.1) is 25.5 Å². The highest BCUT2D eigenvalue weighted by Gasteiger charge is 2.34. The van der Waals surface area contributed by atoms with Gasteiger partial charge < -0.3 is 19.9 Å². The number of nitrogens with one attached hydrogen (secondary N) is 1. The fraction of sp³-hybridized carbons (Fsp3) is 0.435. The van der Waals surface area contributed by atoms with Gasteiger partial charge in [0.2, 0.25) is 0 Å². The van der Waals surface area contributed by atoms with Crippen molar-refractivity contribution < 1.29 is 32.5 Å². The lowest BCUT2D eigenvalue weighted by atomic mass is 9.81. The Labute approximate surface area is 197 Å². The van der Waals surface area contributed by atoms with Crippen LogP contribution in [0.2, 0.25) is 0 Å². The van der Waals surface area contributed by atoms with Crippen LogP contribution in [0, 0.1) is 5.92 Å². The van der Waals surface area contributed by atoms with Crippen LogP contribution in [0.3, 0.4) is 0 Å². The van der Waals surface area contributed by atoms with Gasteiger partial charge in [-0.2, -0.15) is 13.2 Å². The van der Waals surface area contributed by atoms with Gasteiger partial charge in [-0.15, -0.1) is 11.3 Å². The van der Waals surface area contributed by atoms with Crippen LogP contribution in [0.1, 0.15) is 47.9 Å². The number of rotatable bonds is 7. The number of nitrogens with zero attached hydrogens (tertiary/aromatic N) is 2. The van der Waals surface area contributed by atoms with Crippen molar-refractivity contribution in [3.63, 3.8) is 0 Å². The first-order valence-electron chi connectivity index (χ1n) is 10.8. The molecule has 1 aliphatic carbocycles. The van der Waals surface area contributed by atoms with Crippen LogP contribution in [-0.2, 0) is 17.5 Å². The number of ether oxygens (including phenoxy) is 2. The average Bonchev–Trinajstić information content (AvgIpc) is 3.27. The van der Waals surface area contributed by atoms with Crippen LogP contribution in [0.5, 0.6) is 11.5 Å². The lowest BCUT2D eigenvalue weighted by Crippen LogP contribution is -2.21. The maximum atomic E-state index is 13.4. The van der Waals surface area contributed by atoms with Gasteiger partial charge in [-0.25, -0.2) is 9.97 Å².